The van der Waals surface area contributed by atoms with Gasteiger partial charge in [-0.15, -0.1) is 0 Å². The molecule has 156 valence electrons. The van der Waals surface area contributed by atoms with Crippen LogP contribution in [-0.4, -0.2) is 11.6 Å². The first-order valence-electron chi connectivity index (χ1n) is 10.2. The molecule has 1 aliphatic heterocycles. The molecule has 3 aromatic rings. The van der Waals surface area contributed by atoms with Gasteiger partial charge in [0, 0.05) is 11.1 Å². The summed E-state index contributed by atoms with van der Waals surface area (Å²) >= 11 is 6.51. The highest BCUT2D eigenvalue weighted by atomic mass is 35.5. The fourth-order valence-corrected chi connectivity index (χ4v) is 4.48. The normalized spacial score (nSPS) is 17.5. The van der Waals surface area contributed by atoms with Gasteiger partial charge in [0.15, 0.2) is 11.6 Å². The summed E-state index contributed by atoms with van der Waals surface area (Å²) in [5.74, 6) is -2.59. The van der Waals surface area contributed by atoms with E-state index in [4.69, 9.17) is 11.6 Å². The largest absolute Gasteiger partial charge is 0.320 e. The fraction of sp³-hybridized carbons (Fsp3) is 0.200. The Kier molecular flexibility index (Phi) is 4.67. The number of aliphatic imine (C=N–C) groups is 1. The van der Waals surface area contributed by atoms with E-state index in [-0.39, 0.29) is 11.4 Å². The van der Waals surface area contributed by atoms with Gasteiger partial charge >= 0.3 is 0 Å². The Morgan fingerprint density at radius 2 is 1.81 bits per heavy atom. The SMILES string of the molecule is CCC1(c2ccc(-c3cc4c(cc3Cl)NC(=O)/C4=N\c3cccc(F)c3F)cc2)CC1. The fourth-order valence-electron chi connectivity index (χ4n) is 4.21. The van der Waals surface area contributed by atoms with Gasteiger partial charge in [0.05, 0.1) is 10.7 Å². The topological polar surface area (TPSA) is 41.5 Å². The molecule has 0 spiro atoms. The third-order valence-electron chi connectivity index (χ3n) is 6.33. The highest BCUT2D eigenvalue weighted by Crippen LogP contribution is 2.51. The summed E-state index contributed by atoms with van der Waals surface area (Å²) in [6, 6.07) is 15.5. The van der Waals surface area contributed by atoms with E-state index in [1.54, 1.807) is 12.1 Å². The van der Waals surface area contributed by atoms with Crippen LogP contribution in [0, 0.1) is 11.6 Å². The minimum atomic E-state index is -1.09. The molecule has 1 fully saturated rings. The molecule has 0 atom stereocenters. The van der Waals surface area contributed by atoms with Crippen LogP contribution >= 0.6 is 11.6 Å². The predicted octanol–water partition coefficient (Wildman–Crippen LogP) is 6.80. The maximum atomic E-state index is 14.1. The monoisotopic (exact) mass is 436 g/mol. The second-order valence-corrected chi connectivity index (χ2v) is 8.48. The molecule has 5 rings (SSSR count). The third-order valence-corrected chi connectivity index (χ3v) is 6.64. The summed E-state index contributed by atoms with van der Waals surface area (Å²) in [4.78, 5) is 16.6. The van der Waals surface area contributed by atoms with Gasteiger partial charge in [-0.05, 0) is 60.1 Å². The zero-order chi connectivity index (χ0) is 21.8. The zero-order valence-corrected chi connectivity index (χ0v) is 17.6. The zero-order valence-electron chi connectivity index (χ0n) is 16.8. The molecule has 0 unspecified atom stereocenters. The molecular weight excluding hydrogens is 418 g/mol. The van der Waals surface area contributed by atoms with Crippen LogP contribution in [-0.2, 0) is 10.2 Å². The molecule has 3 nitrogen and oxygen atoms in total. The number of hydrogen-bond donors (Lipinski definition) is 1. The molecule has 3 aromatic carbocycles. The number of hydrogen-bond acceptors (Lipinski definition) is 2. The summed E-state index contributed by atoms with van der Waals surface area (Å²) in [6.45, 7) is 2.21. The lowest BCUT2D eigenvalue weighted by atomic mass is 9.91. The van der Waals surface area contributed by atoms with E-state index in [9.17, 15) is 13.6 Å². The molecule has 0 radical (unpaired) electrons. The van der Waals surface area contributed by atoms with Gasteiger partial charge in [-0.2, -0.15) is 0 Å². The number of carbonyl (C=O) groups excluding carboxylic acids is 1. The van der Waals surface area contributed by atoms with Crippen molar-refractivity contribution in [1.29, 1.82) is 0 Å². The van der Waals surface area contributed by atoms with Crippen molar-refractivity contribution < 1.29 is 13.6 Å². The highest BCUT2D eigenvalue weighted by Gasteiger charge is 2.42. The average Bonchev–Trinajstić information content (AvgIpc) is 3.51. The standard InChI is InChI=1S/C25H19ClF2N2O/c1-2-25(10-11-25)15-8-6-14(7-9-15)16-12-17-21(13-18(16)26)30-24(31)23(17)29-20-5-3-4-19(27)22(20)28/h3-9,12-13H,2,10-11H2,1H3,(H,29,30,31). The lowest BCUT2D eigenvalue weighted by molar-refractivity contribution is -0.110. The van der Waals surface area contributed by atoms with Crippen LogP contribution in [0.3, 0.4) is 0 Å². The first-order chi connectivity index (χ1) is 14.9. The Bertz CT molecular complexity index is 1250. The third kappa shape index (κ3) is 3.33. The van der Waals surface area contributed by atoms with Crippen molar-refractivity contribution in [3.05, 3.63) is 82.4 Å². The van der Waals surface area contributed by atoms with Crippen LogP contribution in [0.25, 0.3) is 11.1 Å². The van der Waals surface area contributed by atoms with Gasteiger partial charge in [0.2, 0.25) is 0 Å². The number of halogens is 3. The van der Waals surface area contributed by atoms with Gasteiger partial charge in [0.25, 0.3) is 5.91 Å². The molecule has 0 bridgehead atoms. The van der Waals surface area contributed by atoms with E-state index in [1.165, 1.54) is 30.5 Å². The Morgan fingerprint density at radius 1 is 1.06 bits per heavy atom. The molecule has 31 heavy (non-hydrogen) atoms. The molecule has 2 aliphatic rings. The number of nitrogens with zero attached hydrogens (tertiary/aromatic N) is 1. The van der Waals surface area contributed by atoms with Crippen LogP contribution in [0.1, 0.15) is 37.3 Å². The van der Waals surface area contributed by atoms with Gasteiger partial charge in [-0.1, -0.05) is 48.9 Å². The van der Waals surface area contributed by atoms with E-state index in [2.05, 4.69) is 29.4 Å². The summed E-state index contributed by atoms with van der Waals surface area (Å²) in [5.41, 5.74) is 4.10. The molecule has 0 aromatic heterocycles. The minimum absolute atomic E-state index is 0.0250. The second kappa shape index (κ2) is 7.27. The smallest absolute Gasteiger partial charge is 0.275 e. The Balaban J connectivity index is 1.57. The number of nitrogens with one attached hydrogen (secondary N) is 1. The molecule has 1 amide bonds. The number of benzene rings is 3. The Labute approximate surface area is 183 Å². The molecule has 6 heteroatoms. The number of rotatable bonds is 4. The van der Waals surface area contributed by atoms with Crippen molar-refractivity contribution in [2.75, 3.05) is 5.32 Å². The van der Waals surface area contributed by atoms with Gasteiger partial charge in [-0.25, -0.2) is 13.8 Å². The number of amides is 1. The Morgan fingerprint density at radius 3 is 2.48 bits per heavy atom. The molecule has 1 N–H and O–H groups in total. The van der Waals surface area contributed by atoms with E-state index >= 15 is 0 Å². The van der Waals surface area contributed by atoms with E-state index in [0.717, 1.165) is 23.6 Å². The first kappa shape index (κ1) is 19.9. The van der Waals surface area contributed by atoms with Crippen molar-refractivity contribution in [1.82, 2.24) is 0 Å². The van der Waals surface area contributed by atoms with E-state index < -0.39 is 17.5 Å². The van der Waals surface area contributed by atoms with Crippen LogP contribution in [0.15, 0.2) is 59.6 Å². The van der Waals surface area contributed by atoms with Gasteiger partial charge in [0.1, 0.15) is 11.4 Å². The maximum absolute atomic E-state index is 14.1. The highest BCUT2D eigenvalue weighted by molar-refractivity contribution is 6.54. The van der Waals surface area contributed by atoms with Crippen LogP contribution in [0.4, 0.5) is 20.2 Å². The molecule has 1 heterocycles. The molecular formula is C25H19ClF2N2O. The summed E-state index contributed by atoms with van der Waals surface area (Å²) in [5, 5.41) is 3.18. The quantitative estimate of drug-likeness (QED) is 0.480. The molecule has 1 aliphatic carbocycles. The minimum Gasteiger partial charge on any atom is -0.320 e. The van der Waals surface area contributed by atoms with Crippen molar-refractivity contribution in [3.63, 3.8) is 0 Å². The second-order valence-electron chi connectivity index (χ2n) is 8.08. The van der Waals surface area contributed by atoms with Crippen LogP contribution in [0.5, 0.6) is 0 Å². The summed E-state index contributed by atoms with van der Waals surface area (Å²) in [7, 11) is 0. The van der Waals surface area contributed by atoms with Crippen molar-refractivity contribution in [2.45, 2.75) is 31.6 Å². The summed E-state index contributed by atoms with van der Waals surface area (Å²) in [6.07, 6.45) is 3.55. The van der Waals surface area contributed by atoms with Crippen molar-refractivity contribution in [2.24, 2.45) is 4.99 Å². The van der Waals surface area contributed by atoms with Gasteiger partial charge < -0.3 is 5.32 Å². The van der Waals surface area contributed by atoms with Gasteiger partial charge in [-0.3, -0.25) is 4.79 Å². The van der Waals surface area contributed by atoms with E-state index in [0.29, 0.717) is 21.7 Å². The van der Waals surface area contributed by atoms with Crippen LogP contribution < -0.4 is 5.32 Å². The summed E-state index contributed by atoms with van der Waals surface area (Å²) < 4.78 is 27.7. The predicted molar refractivity (Wildman–Crippen MR) is 119 cm³/mol. The number of fused-ring (bicyclic) bond motifs is 1. The van der Waals surface area contributed by atoms with Crippen LogP contribution in [0.2, 0.25) is 5.02 Å². The van der Waals surface area contributed by atoms with Crippen molar-refractivity contribution in [3.8, 4) is 11.1 Å². The molecule has 0 saturated heterocycles. The lowest BCUT2D eigenvalue weighted by Crippen LogP contribution is -2.14. The van der Waals surface area contributed by atoms with E-state index in [1.807, 2.05) is 12.1 Å². The number of anilines is 1. The maximum Gasteiger partial charge on any atom is 0.275 e. The molecule has 1 saturated carbocycles. The lowest BCUT2D eigenvalue weighted by Gasteiger charge is -2.14. The first-order valence-corrected chi connectivity index (χ1v) is 10.6. The average molecular weight is 437 g/mol. The Hall–Kier alpha value is -3.05. The number of carbonyl (C=O) groups is 1. The van der Waals surface area contributed by atoms with Crippen molar-refractivity contribution >= 4 is 34.6 Å².